The number of ether oxygens (including phenoxy) is 1. The minimum Gasteiger partial charge on any atom is -0.506 e. The second kappa shape index (κ2) is 11.5. The number of aromatic amines is 1. The lowest BCUT2D eigenvalue weighted by atomic mass is 10.1. The molecule has 1 amide bonds. The Hall–Kier alpha value is -4.32. The van der Waals surface area contributed by atoms with Gasteiger partial charge in [0.2, 0.25) is 0 Å². The second-order valence-corrected chi connectivity index (χ2v) is 7.79. The lowest BCUT2D eigenvalue weighted by molar-refractivity contribution is -0.137. The SMILES string of the molecule is N#Cc1ccc2c(O)c(C(=O)Nc3ccc(OCCCCCCCC(=O)O)cc3)c(=O)[nH]c2c1. The first-order valence-corrected chi connectivity index (χ1v) is 10.9. The van der Waals surface area contributed by atoms with Crippen molar-refractivity contribution in [2.45, 2.75) is 38.5 Å². The number of amides is 1. The minimum absolute atomic E-state index is 0.206. The van der Waals surface area contributed by atoms with Gasteiger partial charge in [0.1, 0.15) is 17.1 Å². The fourth-order valence-corrected chi connectivity index (χ4v) is 3.49. The van der Waals surface area contributed by atoms with Crippen molar-refractivity contribution >= 4 is 28.5 Å². The van der Waals surface area contributed by atoms with Gasteiger partial charge in [-0.2, -0.15) is 5.26 Å². The first kappa shape index (κ1) is 24.3. The molecule has 1 heterocycles. The molecule has 0 bridgehead atoms. The standard InChI is InChI=1S/C25H25N3O6/c26-15-16-7-12-19-20(14-16)28-25(33)22(23(19)31)24(32)27-17-8-10-18(11-9-17)34-13-5-3-1-2-4-6-21(29)30/h7-12,14H,1-6,13H2,(H,27,32)(H,29,30)(H2,28,31,33). The van der Waals surface area contributed by atoms with Crippen LogP contribution in [0.4, 0.5) is 5.69 Å². The molecule has 0 unspecified atom stereocenters. The number of benzene rings is 2. The van der Waals surface area contributed by atoms with E-state index in [1.165, 1.54) is 18.2 Å². The van der Waals surface area contributed by atoms with E-state index in [-0.39, 0.29) is 17.3 Å². The first-order valence-electron chi connectivity index (χ1n) is 10.9. The molecular weight excluding hydrogens is 438 g/mol. The highest BCUT2D eigenvalue weighted by Crippen LogP contribution is 2.26. The second-order valence-electron chi connectivity index (χ2n) is 7.79. The highest BCUT2D eigenvalue weighted by atomic mass is 16.5. The van der Waals surface area contributed by atoms with Crippen LogP contribution in [0.1, 0.15) is 54.4 Å². The number of carboxylic acids is 1. The zero-order valence-corrected chi connectivity index (χ0v) is 18.5. The van der Waals surface area contributed by atoms with Gasteiger partial charge >= 0.3 is 5.97 Å². The maximum absolute atomic E-state index is 12.7. The maximum Gasteiger partial charge on any atom is 0.303 e. The minimum atomic E-state index is -0.765. The summed E-state index contributed by atoms with van der Waals surface area (Å²) in [5.41, 5.74) is -0.173. The zero-order chi connectivity index (χ0) is 24.5. The Morgan fingerprint density at radius 2 is 1.74 bits per heavy atom. The largest absolute Gasteiger partial charge is 0.506 e. The molecule has 34 heavy (non-hydrogen) atoms. The third-order valence-electron chi connectivity index (χ3n) is 5.26. The molecular formula is C25H25N3O6. The molecule has 9 nitrogen and oxygen atoms in total. The molecule has 0 fully saturated rings. The molecule has 3 rings (SSSR count). The number of carbonyl (C=O) groups is 2. The summed E-state index contributed by atoms with van der Waals surface area (Å²) >= 11 is 0. The Bertz CT molecular complexity index is 1270. The van der Waals surface area contributed by atoms with Crippen molar-refractivity contribution in [3.05, 3.63) is 63.9 Å². The average Bonchev–Trinajstić information content (AvgIpc) is 2.81. The van der Waals surface area contributed by atoms with E-state index >= 15 is 0 Å². The van der Waals surface area contributed by atoms with Crippen LogP contribution >= 0.6 is 0 Å². The van der Waals surface area contributed by atoms with Gasteiger partial charge in [-0.05, 0) is 55.3 Å². The molecule has 2 aromatic carbocycles. The number of rotatable bonds is 11. The van der Waals surface area contributed by atoms with E-state index in [9.17, 15) is 19.5 Å². The van der Waals surface area contributed by atoms with Crippen LogP contribution in [-0.2, 0) is 4.79 Å². The van der Waals surface area contributed by atoms with Gasteiger partial charge in [0.05, 0.1) is 23.8 Å². The molecule has 0 aliphatic carbocycles. The van der Waals surface area contributed by atoms with Crippen molar-refractivity contribution in [3.8, 4) is 17.6 Å². The van der Waals surface area contributed by atoms with Gasteiger partial charge in [-0.3, -0.25) is 14.4 Å². The number of carboxylic acid groups (broad SMARTS) is 1. The number of unbranched alkanes of at least 4 members (excludes halogenated alkanes) is 4. The smallest absolute Gasteiger partial charge is 0.303 e. The van der Waals surface area contributed by atoms with Crippen molar-refractivity contribution in [1.82, 2.24) is 4.98 Å². The summed E-state index contributed by atoms with van der Waals surface area (Å²) in [4.78, 5) is 38.0. The van der Waals surface area contributed by atoms with Crippen LogP contribution in [0.15, 0.2) is 47.3 Å². The summed E-state index contributed by atoms with van der Waals surface area (Å²) in [6, 6.07) is 13.0. The van der Waals surface area contributed by atoms with E-state index in [2.05, 4.69) is 10.3 Å². The van der Waals surface area contributed by atoms with Crippen molar-refractivity contribution in [2.75, 3.05) is 11.9 Å². The molecule has 3 aromatic rings. The van der Waals surface area contributed by atoms with Gasteiger partial charge in [0.15, 0.2) is 0 Å². The van der Waals surface area contributed by atoms with E-state index in [4.69, 9.17) is 15.1 Å². The Labute approximate surface area is 195 Å². The Morgan fingerprint density at radius 1 is 1.03 bits per heavy atom. The van der Waals surface area contributed by atoms with Gasteiger partial charge in [-0.15, -0.1) is 0 Å². The molecule has 0 saturated heterocycles. The van der Waals surface area contributed by atoms with E-state index in [1.54, 1.807) is 24.3 Å². The van der Waals surface area contributed by atoms with Gasteiger partial charge in [0.25, 0.3) is 11.5 Å². The fourth-order valence-electron chi connectivity index (χ4n) is 3.49. The third-order valence-corrected chi connectivity index (χ3v) is 5.26. The Morgan fingerprint density at radius 3 is 2.44 bits per heavy atom. The van der Waals surface area contributed by atoms with Crippen LogP contribution < -0.4 is 15.6 Å². The summed E-state index contributed by atoms with van der Waals surface area (Å²) in [7, 11) is 0. The van der Waals surface area contributed by atoms with Crippen LogP contribution in [0.2, 0.25) is 0 Å². The molecule has 0 atom stereocenters. The predicted octanol–water partition coefficient (Wildman–Crippen LogP) is 4.16. The van der Waals surface area contributed by atoms with Crippen LogP contribution in [-0.4, -0.2) is 33.7 Å². The lowest BCUT2D eigenvalue weighted by Crippen LogP contribution is -2.23. The topological polar surface area (TPSA) is 153 Å². The number of aromatic hydroxyl groups is 1. The van der Waals surface area contributed by atoms with Crippen molar-refractivity contribution < 1.29 is 24.5 Å². The number of H-pyrrole nitrogens is 1. The summed E-state index contributed by atoms with van der Waals surface area (Å²) in [6.45, 7) is 0.526. The molecule has 176 valence electrons. The van der Waals surface area contributed by atoms with Gasteiger partial charge in [-0.25, -0.2) is 0 Å². The maximum atomic E-state index is 12.7. The van der Waals surface area contributed by atoms with Gasteiger partial charge in [0, 0.05) is 17.5 Å². The third kappa shape index (κ3) is 6.36. The monoisotopic (exact) mass is 463 g/mol. The number of aromatic nitrogens is 1. The summed E-state index contributed by atoms with van der Waals surface area (Å²) in [5, 5.41) is 30.9. The van der Waals surface area contributed by atoms with Crippen LogP contribution in [0.5, 0.6) is 11.5 Å². The van der Waals surface area contributed by atoms with Gasteiger partial charge in [-0.1, -0.05) is 19.3 Å². The summed E-state index contributed by atoms with van der Waals surface area (Å²) in [5.74, 6) is -1.35. The number of anilines is 1. The zero-order valence-electron chi connectivity index (χ0n) is 18.5. The van der Waals surface area contributed by atoms with Crippen molar-refractivity contribution in [3.63, 3.8) is 0 Å². The molecule has 9 heteroatoms. The Kier molecular flexibility index (Phi) is 8.24. The quantitative estimate of drug-likeness (QED) is 0.311. The molecule has 0 saturated carbocycles. The molecule has 0 aliphatic rings. The van der Waals surface area contributed by atoms with E-state index in [0.717, 1.165) is 25.7 Å². The highest BCUT2D eigenvalue weighted by molar-refractivity contribution is 6.09. The Balaban J connectivity index is 1.54. The number of hydrogen-bond acceptors (Lipinski definition) is 6. The van der Waals surface area contributed by atoms with Crippen LogP contribution in [0.3, 0.4) is 0 Å². The number of fused-ring (bicyclic) bond motifs is 1. The number of nitrogens with zero attached hydrogens (tertiary/aromatic N) is 1. The molecule has 1 aromatic heterocycles. The van der Waals surface area contributed by atoms with Gasteiger partial charge < -0.3 is 25.3 Å². The number of nitriles is 1. The van der Waals surface area contributed by atoms with E-state index in [0.29, 0.717) is 30.0 Å². The highest BCUT2D eigenvalue weighted by Gasteiger charge is 2.19. The molecule has 0 radical (unpaired) electrons. The van der Waals surface area contributed by atoms with Crippen LogP contribution in [0.25, 0.3) is 10.9 Å². The van der Waals surface area contributed by atoms with E-state index < -0.39 is 28.7 Å². The normalized spacial score (nSPS) is 10.6. The summed E-state index contributed by atoms with van der Waals surface area (Å²) in [6.07, 6.45) is 4.55. The number of pyridine rings is 1. The van der Waals surface area contributed by atoms with Crippen molar-refractivity contribution in [1.29, 1.82) is 5.26 Å². The molecule has 0 aliphatic heterocycles. The van der Waals surface area contributed by atoms with Crippen molar-refractivity contribution in [2.24, 2.45) is 0 Å². The lowest BCUT2D eigenvalue weighted by Gasteiger charge is -2.10. The van der Waals surface area contributed by atoms with Crippen LogP contribution in [0, 0.1) is 11.3 Å². The fraction of sp³-hybridized carbons (Fsp3) is 0.280. The molecule has 0 spiro atoms. The number of aliphatic carboxylic acids is 1. The summed E-state index contributed by atoms with van der Waals surface area (Å²) < 4.78 is 5.68. The first-order chi connectivity index (χ1) is 16.4. The predicted molar refractivity (Wildman–Crippen MR) is 126 cm³/mol. The molecule has 4 N–H and O–H groups in total. The number of nitrogens with one attached hydrogen (secondary N) is 2. The van der Waals surface area contributed by atoms with E-state index in [1.807, 2.05) is 6.07 Å². The number of hydrogen-bond donors (Lipinski definition) is 4. The average molecular weight is 463 g/mol. The number of carbonyl (C=O) groups excluding carboxylic acids is 1.